The summed E-state index contributed by atoms with van der Waals surface area (Å²) in [6.07, 6.45) is 2.82. The number of imidazole rings is 1. The number of fused-ring (bicyclic) bond motifs is 1. The Bertz CT molecular complexity index is 794. The standard InChI is InChI=1S/C12H9N3O2S/c16-18(17,10-5-2-1-3-6-10)15-9-14-11-7-4-8-13-12(11)15/h1-9H. The summed E-state index contributed by atoms with van der Waals surface area (Å²) < 4.78 is 25.9. The molecule has 3 rings (SSSR count). The molecule has 0 fully saturated rings. The maximum Gasteiger partial charge on any atom is 0.270 e. The molecule has 0 radical (unpaired) electrons. The molecule has 0 N–H and O–H groups in total. The zero-order valence-electron chi connectivity index (χ0n) is 9.26. The monoisotopic (exact) mass is 259 g/mol. The van der Waals surface area contributed by atoms with Gasteiger partial charge in [-0.25, -0.2) is 22.4 Å². The summed E-state index contributed by atoms with van der Waals surface area (Å²) in [7, 11) is -3.63. The number of rotatable bonds is 2. The van der Waals surface area contributed by atoms with Gasteiger partial charge in [0.25, 0.3) is 10.0 Å². The van der Waals surface area contributed by atoms with Gasteiger partial charge in [0.15, 0.2) is 5.65 Å². The Labute approximate surface area is 104 Å². The van der Waals surface area contributed by atoms with Crippen LogP contribution >= 0.6 is 0 Å². The number of hydrogen-bond donors (Lipinski definition) is 0. The minimum absolute atomic E-state index is 0.218. The van der Waals surface area contributed by atoms with E-state index in [1.54, 1.807) is 48.7 Å². The van der Waals surface area contributed by atoms with E-state index in [0.29, 0.717) is 11.2 Å². The minimum atomic E-state index is -3.63. The number of nitrogens with zero attached hydrogens (tertiary/aromatic N) is 3. The van der Waals surface area contributed by atoms with E-state index in [-0.39, 0.29) is 4.90 Å². The molecule has 0 spiro atoms. The Kier molecular flexibility index (Phi) is 2.38. The third-order valence-electron chi connectivity index (χ3n) is 2.58. The highest BCUT2D eigenvalue weighted by atomic mass is 32.2. The van der Waals surface area contributed by atoms with Gasteiger partial charge in [-0.15, -0.1) is 0 Å². The molecule has 2 heterocycles. The van der Waals surface area contributed by atoms with Gasteiger partial charge in [0.1, 0.15) is 11.8 Å². The zero-order chi connectivity index (χ0) is 12.6. The van der Waals surface area contributed by atoms with E-state index in [1.165, 1.54) is 6.33 Å². The fraction of sp³-hybridized carbons (Fsp3) is 0. The van der Waals surface area contributed by atoms with Crippen LogP contribution < -0.4 is 0 Å². The largest absolute Gasteiger partial charge is 0.270 e. The van der Waals surface area contributed by atoms with Crippen LogP contribution in [0.1, 0.15) is 0 Å². The molecule has 0 amide bonds. The van der Waals surface area contributed by atoms with E-state index in [1.807, 2.05) is 0 Å². The lowest BCUT2D eigenvalue weighted by Gasteiger charge is -2.05. The maximum absolute atomic E-state index is 12.4. The van der Waals surface area contributed by atoms with Crippen molar-refractivity contribution in [1.29, 1.82) is 0 Å². The van der Waals surface area contributed by atoms with E-state index >= 15 is 0 Å². The molecule has 2 aromatic heterocycles. The molecule has 6 heteroatoms. The van der Waals surface area contributed by atoms with Crippen LogP contribution in [0.4, 0.5) is 0 Å². The van der Waals surface area contributed by atoms with Crippen molar-refractivity contribution in [3.05, 3.63) is 55.0 Å². The molecule has 18 heavy (non-hydrogen) atoms. The van der Waals surface area contributed by atoms with Crippen molar-refractivity contribution in [2.24, 2.45) is 0 Å². The molecule has 0 aliphatic heterocycles. The second-order valence-corrected chi connectivity index (χ2v) is 5.52. The highest BCUT2D eigenvalue weighted by molar-refractivity contribution is 7.90. The molecule has 0 saturated heterocycles. The van der Waals surface area contributed by atoms with Crippen LogP contribution in [0, 0.1) is 0 Å². The van der Waals surface area contributed by atoms with Crippen LogP contribution in [0.2, 0.25) is 0 Å². The Hall–Kier alpha value is -2.21. The Balaban J connectivity index is 2.27. The second-order valence-electron chi connectivity index (χ2n) is 3.70. The lowest BCUT2D eigenvalue weighted by atomic mass is 10.4. The molecule has 5 nitrogen and oxygen atoms in total. The first-order valence-electron chi connectivity index (χ1n) is 5.28. The third kappa shape index (κ3) is 1.58. The van der Waals surface area contributed by atoms with Gasteiger partial charge < -0.3 is 0 Å². The molecule has 0 atom stereocenters. The van der Waals surface area contributed by atoms with Crippen molar-refractivity contribution >= 4 is 21.2 Å². The van der Waals surface area contributed by atoms with Crippen LogP contribution in [-0.4, -0.2) is 22.4 Å². The maximum atomic E-state index is 12.4. The van der Waals surface area contributed by atoms with E-state index in [2.05, 4.69) is 9.97 Å². The summed E-state index contributed by atoms with van der Waals surface area (Å²) in [6, 6.07) is 11.7. The first kappa shape index (κ1) is 10.9. The molecular formula is C12H9N3O2S. The highest BCUT2D eigenvalue weighted by Gasteiger charge is 2.19. The molecule has 0 saturated carbocycles. The lowest BCUT2D eigenvalue weighted by molar-refractivity contribution is 0.588. The smallest absolute Gasteiger partial charge is 0.236 e. The summed E-state index contributed by atoms with van der Waals surface area (Å²) in [6.45, 7) is 0. The Morgan fingerprint density at radius 1 is 0.944 bits per heavy atom. The van der Waals surface area contributed by atoms with Crippen LogP contribution in [0.25, 0.3) is 11.2 Å². The van der Waals surface area contributed by atoms with Crippen molar-refractivity contribution in [2.75, 3.05) is 0 Å². The first-order valence-corrected chi connectivity index (χ1v) is 6.72. The SMILES string of the molecule is O=S(=O)(c1ccccc1)n1cnc2cccnc21. The molecule has 90 valence electrons. The predicted molar refractivity (Wildman–Crippen MR) is 66.6 cm³/mol. The summed E-state index contributed by atoms with van der Waals surface area (Å²) in [5, 5.41) is 0. The lowest BCUT2D eigenvalue weighted by Crippen LogP contribution is -2.12. The number of hydrogen-bond acceptors (Lipinski definition) is 4. The average molecular weight is 259 g/mol. The Morgan fingerprint density at radius 2 is 1.72 bits per heavy atom. The van der Waals surface area contributed by atoms with Crippen molar-refractivity contribution in [1.82, 2.24) is 13.9 Å². The topological polar surface area (TPSA) is 64.8 Å². The summed E-state index contributed by atoms with van der Waals surface area (Å²) in [5.41, 5.74) is 0.887. The van der Waals surface area contributed by atoms with Gasteiger partial charge in [0.05, 0.1) is 4.90 Å². The summed E-state index contributed by atoms with van der Waals surface area (Å²) in [5.74, 6) is 0. The quantitative estimate of drug-likeness (QED) is 0.702. The molecule has 0 unspecified atom stereocenters. The van der Waals surface area contributed by atoms with Crippen molar-refractivity contribution in [2.45, 2.75) is 4.90 Å². The van der Waals surface area contributed by atoms with Gasteiger partial charge in [-0.1, -0.05) is 18.2 Å². The van der Waals surface area contributed by atoms with E-state index in [0.717, 1.165) is 3.97 Å². The minimum Gasteiger partial charge on any atom is -0.236 e. The van der Waals surface area contributed by atoms with Crippen molar-refractivity contribution in [3.8, 4) is 0 Å². The fourth-order valence-electron chi connectivity index (χ4n) is 1.71. The zero-order valence-corrected chi connectivity index (χ0v) is 10.1. The van der Waals surface area contributed by atoms with E-state index in [4.69, 9.17) is 0 Å². The summed E-state index contributed by atoms with van der Waals surface area (Å²) in [4.78, 5) is 8.30. The first-order chi connectivity index (χ1) is 8.69. The van der Waals surface area contributed by atoms with Gasteiger partial charge in [0, 0.05) is 6.20 Å². The molecule has 3 aromatic rings. The van der Waals surface area contributed by atoms with Crippen molar-refractivity contribution < 1.29 is 8.42 Å². The van der Waals surface area contributed by atoms with Gasteiger partial charge in [-0.3, -0.25) is 0 Å². The molecule has 1 aromatic carbocycles. The Morgan fingerprint density at radius 3 is 2.50 bits per heavy atom. The fourth-order valence-corrected chi connectivity index (χ4v) is 2.98. The van der Waals surface area contributed by atoms with Gasteiger partial charge >= 0.3 is 0 Å². The van der Waals surface area contributed by atoms with E-state index in [9.17, 15) is 8.42 Å². The highest BCUT2D eigenvalue weighted by Crippen LogP contribution is 2.17. The molecule has 0 aliphatic rings. The number of pyridine rings is 1. The van der Waals surface area contributed by atoms with Crippen LogP contribution in [0.15, 0.2) is 59.9 Å². The van der Waals surface area contributed by atoms with Crippen molar-refractivity contribution in [3.63, 3.8) is 0 Å². The van der Waals surface area contributed by atoms with Crippen LogP contribution in [0.5, 0.6) is 0 Å². The predicted octanol–water partition coefficient (Wildman–Crippen LogP) is 1.67. The van der Waals surface area contributed by atoms with E-state index < -0.39 is 10.0 Å². The van der Waals surface area contributed by atoms with Crippen LogP contribution in [0.3, 0.4) is 0 Å². The third-order valence-corrected chi connectivity index (χ3v) is 4.23. The molecular weight excluding hydrogens is 250 g/mol. The number of aromatic nitrogens is 3. The van der Waals surface area contributed by atoms with Gasteiger partial charge in [-0.05, 0) is 24.3 Å². The second kappa shape index (κ2) is 3.92. The normalized spacial score (nSPS) is 11.8. The molecule has 0 bridgehead atoms. The summed E-state index contributed by atoms with van der Waals surface area (Å²) >= 11 is 0. The van der Waals surface area contributed by atoms with Gasteiger partial charge in [0.2, 0.25) is 0 Å². The average Bonchev–Trinajstić information content (AvgIpc) is 2.84. The molecule has 0 aliphatic carbocycles. The van der Waals surface area contributed by atoms with Gasteiger partial charge in [-0.2, -0.15) is 0 Å². The number of benzene rings is 1. The van der Waals surface area contributed by atoms with Crippen LogP contribution in [-0.2, 0) is 10.0 Å².